The molecule has 1 aromatic rings. The van der Waals surface area contributed by atoms with Gasteiger partial charge in [0.2, 0.25) is 0 Å². The Morgan fingerprint density at radius 1 is 1.60 bits per heavy atom. The lowest BCUT2D eigenvalue weighted by atomic mass is 10.2. The fourth-order valence-corrected chi connectivity index (χ4v) is 1.80. The third-order valence-electron chi connectivity index (χ3n) is 2.61. The average Bonchev–Trinajstić information content (AvgIpc) is 2.37. The first-order chi connectivity index (χ1) is 9.35. The number of nitro groups is 1. The second kappa shape index (κ2) is 7.04. The van der Waals surface area contributed by atoms with Crippen molar-refractivity contribution in [3.8, 4) is 0 Å². The van der Waals surface area contributed by atoms with Crippen LogP contribution < -0.4 is 0 Å². The van der Waals surface area contributed by atoms with Gasteiger partial charge in [-0.25, -0.2) is 9.37 Å². The van der Waals surface area contributed by atoms with E-state index in [-0.39, 0.29) is 5.15 Å². The summed E-state index contributed by atoms with van der Waals surface area (Å²) in [6.07, 6.45) is 2.37. The van der Waals surface area contributed by atoms with Crippen molar-refractivity contribution in [3.63, 3.8) is 0 Å². The lowest BCUT2D eigenvalue weighted by molar-refractivity contribution is -0.405. The van der Waals surface area contributed by atoms with E-state index in [2.05, 4.69) is 4.98 Å². The predicted octanol–water partition coefficient (Wildman–Crippen LogP) is 2.33. The molecule has 0 radical (unpaired) electrons. The van der Waals surface area contributed by atoms with Crippen molar-refractivity contribution < 1.29 is 9.31 Å². The van der Waals surface area contributed by atoms with E-state index in [0.29, 0.717) is 24.5 Å². The minimum atomic E-state index is -0.607. The smallest absolute Gasteiger partial charge is 0.274 e. The maximum atomic E-state index is 13.4. The van der Waals surface area contributed by atoms with Crippen LogP contribution in [0, 0.1) is 15.9 Å². The van der Waals surface area contributed by atoms with Gasteiger partial charge >= 0.3 is 0 Å². The second-order valence-electron chi connectivity index (χ2n) is 4.30. The summed E-state index contributed by atoms with van der Waals surface area (Å²) in [6.45, 7) is 2.69. The van der Waals surface area contributed by atoms with Gasteiger partial charge in [-0.3, -0.25) is 10.1 Å². The summed E-state index contributed by atoms with van der Waals surface area (Å²) in [4.78, 5) is 17.3. The molecule has 1 heterocycles. The summed E-state index contributed by atoms with van der Waals surface area (Å²) in [5.74, 6) is -0.183. The number of rotatable bonds is 6. The number of nitrogens with zero attached hydrogens (tertiary/aromatic N) is 4. The highest BCUT2D eigenvalue weighted by Gasteiger charge is 2.15. The monoisotopic (exact) mass is 302 g/mol. The molecule has 0 atom stereocenters. The Hall–Kier alpha value is -1.89. The van der Waals surface area contributed by atoms with E-state index in [0.717, 1.165) is 6.20 Å². The van der Waals surface area contributed by atoms with Gasteiger partial charge in [0.05, 0.1) is 4.92 Å². The molecule has 0 spiro atoms. The quantitative estimate of drug-likeness (QED) is 0.458. The van der Waals surface area contributed by atoms with Gasteiger partial charge in [-0.15, -0.1) is 0 Å². The van der Waals surface area contributed by atoms with Crippen molar-refractivity contribution in [2.75, 3.05) is 20.6 Å². The highest BCUT2D eigenvalue weighted by molar-refractivity contribution is 6.29. The summed E-state index contributed by atoms with van der Waals surface area (Å²) in [5.41, 5.74) is 0.588. The van der Waals surface area contributed by atoms with Crippen LogP contribution in [0.5, 0.6) is 0 Å². The van der Waals surface area contributed by atoms with Crippen LogP contribution >= 0.6 is 11.6 Å². The molecular formula is C12H16ClFN4O2. The first-order valence-corrected chi connectivity index (χ1v) is 6.30. The number of hydrogen-bond donors (Lipinski definition) is 0. The third-order valence-corrected chi connectivity index (χ3v) is 2.89. The molecule has 0 N–H and O–H groups in total. The zero-order valence-corrected chi connectivity index (χ0v) is 12.3. The van der Waals surface area contributed by atoms with Gasteiger partial charge in [-0.1, -0.05) is 11.6 Å². The molecule has 0 aromatic carbocycles. The highest BCUT2D eigenvalue weighted by Crippen LogP contribution is 2.16. The molecule has 0 unspecified atom stereocenters. The molecule has 6 nitrogen and oxygen atoms in total. The molecule has 8 heteroatoms. The molecule has 0 saturated carbocycles. The van der Waals surface area contributed by atoms with Crippen molar-refractivity contribution in [2.24, 2.45) is 0 Å². The average molecular weight is 303 g/mol. The van der Waals surface area contributed by atoms with E-state index < -0.39 is 10.7 Å². The molecule has 0 aliphatic carbocycles. The van der Waals surface area contributed by atoms with Crippen LogP contribution in [0.15, 0.2) is 24.3 Å². The van der Waals surface area contributed by atoms with Crippen molar-refractivity contribution in [3.05, 3.63) is 50.9 Å². The zero-order chi connectivity index (χ0) is 15.3. The molecule has 1 rings (SSSR count). The van der Waals surface area contributed by atoms with Gasteiger partial charge in [-0.2, -0.15) is 0 Å². The number of aromatic nitrogens is 1. The van der Waals surface area contributed by atoms with E-state index in [1.165, 1.54) is 12.3 Å². The molecule has 110 valence electrons. The van der Waals surface area contributed by atoms with Gasteiger partial charge < -0.3 is 9.80 Å². The normalized spacial score (nSPS) is 11.3. The molecule has 0 aliphatic rings. The summed E-state index contributed by atoms with van der Waals surface area (Å²) >= 11 is 5.52. The van der Waals surface area contributed by atoms with Gasteiger partial charge in [0.1, 0.15) is 0 Å². The van der Waals surface area contributed by atoms with Crippen molar-refractivity contribution in [1.82, 2.24) is 14.8 Å². The number of hydrogen-bond acceptors (Lipinski definition) is 5. The summed E-state index contributed by atoms with van der Waals surface area (Å²) < 4.78 is 13.4. The van der Waals surface area contributed by atoms with Gasteiger partial charge in [0.15, 0.2) is 16.8 Å². The lowest BCUT2D eigenvalue weighted by Crippen LogP contribution is -2.31. The molecule has 0 bridgehead atoms. The molecule has 0 aliphatic heterocycles. The SMILES string of the molecule is CCN(Cc1cnc(Cl)c(F)c1)/C(=C/[N+](=O)[O-])N(C)C. The van der Waals surface area contributed by atoms with Crippen molar-refractivity contribution >= 4 is 11.6 Å². The Morgan fingerprint density at radius 3 is 2.70 bits per heavy atom. The Kier molecular flexibility index (Phi) is 5.69. The number of pyridine rings is 1. The molecule has 0 saturated heterocycles. The van der Waals surface area contributed by atoms with E-state index in [4.69, 9.17) is 11.6 Å². The van der Waals surface area contributed by atoms with Crippen LogP contribution in [0.25, 0.3) is 0 Å². The minimum absolute atomic E-state index is 0.189. The largest absolute Gasteiger partial charge is 0.359 e. The molecule has 0 fully saturated rings. The van der Waals surface area contributed by atoms with Crippen LogP contribution in [0.4, 0.5) is 4.39 Å². The van der Waals surface area contributed by atoms with Crippen LogP contribution in [0.2, 0.25) is 5.15 Å². The predicted molar refractivity (Wildman–Crippen MR) is 74.1 cm³/mol. The summed E-state index contributed by atoms with van der Waals surface area (Å²) in [7, 11) is 3.41. The van der Waals surface area contributed by atoms with Gasteiger partial charge in [0, 0.05) is 33.4 Å². The van der Waals surface area contributed by atoms with Crippen molar-refractivity contribution in [1.29, 1.82) is 0 Å². The molecule has 20 heavy (non-hydrogen) atoms. The zero-order valence-electron chi connectivity index (χ0n) is 11.5. The minimum Gasteiger partial charge on any atom is -0.359 e. The Labute approximate surface area is 121 Å². The molecule has 0 amide bonds. The Balaban J connectivity index is 3.00. The standard InChI is InChI=1S/C12H16ClFN4O2/c1-4-17(11(16(2)3)8-18(19)20)7-9-5-10(14)12(13)15-6-9/h5-6,8H,4,7H2,1-3H3/b11-8+. The van der Waals surface area contributed by atoms with E-state index in [9.17, 15) is 14.5 Å². The summed E-state index contributed by atoms with van der Waals surface area (Å²) in [5, 5.41) is 10.5. The van der Waals surface area contributed by atoms with Crippen LogP contribution in [-0.2, 0) is 6.54 Å². The molecular weight excluding hydrogens is 287 g/mol. The topological polar surface area (TPSA) is 62.5 Å². The maximum absolute atomic E-state index is 13.4. The van der Waals surface area contributed by atoms with Crippen LogP contribution in [0.3, 0.4) is 0 Å². The van der Waals surface area contributed by atoms with Crippen molar-refractivity contribution in [2.45, 2.75) is 13.5 Å². The van der Waals surface area contributed by atoms with Crippen LogP contribution in [-0.4, -0.2) is 40.3 Å². The fraction of sp³-hybridized carbons (Fsp3) is 0.417. The first kappa shape index (κ1) is 16.2. The Bertz CT molecular complexity index is 522. The first-order valence-electron chi connectivity index (χ1n) is 5.92. The van der Waals surface area contributed by atoms with E-state index >= 15 is 0 Å². The lowest BCUT2D eigenvalue weighted by Gasteiger charge is -2.28. The second-order valence-corrected chi connectivity index (χ2v) is 4.66. The summed E-state index contributed by atoms with van der Waals surface area (Å²) in [6, 6.07) is 1.28. The van der Waals surface area contributed by atoms with Gasteiger partial charge in [-0.05, 0) is 18.6 Å². The van der Waals surface area contributed by atoms with E-state index in [1.54, 1.807) is 23.9 Å². The molecule has 1 aromatic heterocycles. The number of halogens is 2. The Morgan fingerprint density at radius 2 is 2.25 bits per heavy atom. The van der Waals surface area contributed by atoms with Crippen LogP contribution in [0.1, 0.15) is 12.5 Å². The maximum Gasteiger partial charge on any atom is 0.274 e. The highest BCUT2D eigenvalue weighted by atomic mass is 35.5. The third kappa shape index (κ3) is 4.34. The van der Waals surface area contributed by atoms with E-state index in [1.807, 2.05) is 6.92 Å². The fourth-order valence-electron chi connectivity index (χ4n) is 1.70. The van der Waals surface area contributed by atoms with Gasteiger partial charge in [0.25, 0.3) is 6.20 Å².